The van der Waals surface area contributed by atoms with Gasteiger partial charge in [-0.05, 0) is 33.3 Å². The van der Waals surface area contributed by atoms with E-state index >= 15 is 0 Å². The zero-order chi connectivity index (χ0) is 15.3. The molecule has 0 aliphatic rings. The highest BCUT2D eigenvalue weighted by atomic mass is 16.6. The van der Waals surface area contributed by atoms with E-state index in [1.54, 1.807) is 52.0 Å². The van der Waals surface area contributed by atoms with Gasteiger partial charge in [0.2, 0.25) is 5.91 Å². The fourth-order valence-electron chi connectivity index (χ4n) is 1.56. The van der Waals surface area contributed by atoms with E-state index in [-0.39, 0.29) is 0 Å². The second-order valence-corrected chi connectivity index (χ2v) is 5.67. The number of benzene rings is 1. The topological polar surface area (TPSA) is 81.4 Å². The van der Waals surface area contributed by atoms with Crippen LogP contribution in [0.4, 0.5) is 0 Å². The molecule has 0 bridgehead atoms. The van der Waals surface area contributed by atoms with E-state index in [0.717, 1.165) is 0 Å². The van der Waals surface area contributed by atoms with Gasteiger partial charge in [0, 0.05) is 0 Å². The predicted molar refractivity (Wildman–Crippen MR) is 76.8 cm³/mol. The van der Waals surface area contributed by atoms with E-state index in [0.29, 0.717) is 5.56 Å². The second kappa shape index (κ2) is 6.52. The maximum absolute atomic E-state index is 12.2. The van der Waals surface area contributed by atoms with Crippen molar-refractivity contribution in [1.29, 1.82) is 0 Å². The van der Waals surface area contributed by atoms with Crippen molar-refractivity contribution in [1.82, 2.24) is 5.32 Å². The van der Waals surface area contributed by atoms with Gasteiger partial charge in [0.1, 0.15) is 5.60 Å². The molecule has 0 radical (unpaired) electrons. The van der Waals surface area contributed by atoms with Gasteiger partial charge in [-0.1, -0.05) is 30.3 Å². The third kappa shape index (κ3) is 5.01. The van der Waals surface area contributed by atoms with Gasteiger partial charge in [-0.3, -0.25) is 4.79 Å². The van der Waals surface area contributed by atoms with Crippen molar-refractivity contribution < 1.29 is 14.3 Å². The minimum atomic E-state index is -0.853. The molecule has 0 aliphatic carbocycles. The Morgan fingerprint density at radius 3 is 2.20 bits per heavy atom. The van der Waals surface area contributed by atoms with Crippen molar-refractivity contribution in [2.24, 2.45) is 5.73 Å². The van der Waals surface area contributed by atoms with E-state index in [2.05, 4.69) is 5.32 Å². The van der Waals surface area contributed by atoms with Gasteiger partial charge >= 0.3 is 5.97 Å². The highest BCUT2D eigenvalue weighted by Crippen LogP contribution is 2.18. The summed E-state index contributed by atoms with van der Waals surface area (Å²) in [7, 11) is 0. The van der Waals surface area contributed by atoms with Crippen LogP contribution >= 0.6 is 0 Å². The fourth-order valence-corrected chi connectivity index (χ4v) is 1.56. The van der Waals surface area contributed by atoms with Crippen LogP contribution in [0.5, 0.6) is 0 Å². The smallest absolute Gasteiger partial charge is 0.333 e. The number of amides is 1. The van der Waals surface area contributed by atoms with E-state index in [1.165, 1.54) is 0 Å². The lowest BCUT2D eigenvalue weighted by Gasteiger charge is -2.25. The molecule has 0 aromatic heterocycles. The average Bonchev–Trinajstić information content (AvgIpc) is 2.34. The number of ether oxygens (including phenoxy) is 1. The van der Waals surface area contributed by atoms with Crippen molar-refractivity contribution in [3.05, 3.63) is 35.9 Å². The first-order chi connectivity index (χ1) is 9.20. The maximum Gasteiger partial charge on any atom is 0.333 e. The standard InChI is InChI=1S/C15H22N2O3/c1-10(16)13(18)17-12(11-8-6-5-7-9-11)14(19)20-15(2,3)4/h5-10,12H,16H2,1-4H3,(H,17,18)/t10-,12-/m0/s1. The fraction of sp³-hybridized carbons (Fsp3) is 0.467. The summed E-state index contributed by atoms with van der Waals surface area (Å²) in [5.74, 6) is -0.901. The second-order valence-electron chi connectivity index (χ2n) is 5.67. The van der Waals surface area contributed by atoms with Crippen LogP contribution in [0, 0.1) is 0 Å². The normalized spacial score (nSPS) is 14.2. The van der Waals surface area contributed by atoms with Crippen LogP contribution in [-0.4, -0.2) is 23.5 Å². The minimum absolute atomic E-state index is 0.398. The number of nitrogens with one attached hydrogen (secondary N) is 1. The molecule has 1 rings (SSSR count). The molecule has 0 saturated heterocycles. The Labute approximate surface area is 119 Å². The zero-order valence-electron chi connectivity index (χ0n) is 12.3. The number of hydrogen-bond acceptors (Lipinski definition) is 4. The van der Waals surface area contributed by atoms with Gasteiger partial charge in [-0.25, -0.2) is 4.79 Å². The molecule has 0 heterocycles. The molecular formula is C15H22N2O3. The van der Waals surface area contributed by atoms with Gasteiger partial charge in [-0.2, -0.15) is 0 Å². The van der Waals surface area contributed by atoms with Crippen molar-refractivity contribution in [2.45, 2.75) is 45.4 Å². The number of nitrogens with two attached hydrogens (primary N) is 1. The summed E-state index contributed by atoms with van der Waals surface area (Å²) in [6, 6.07) is 7.41. The van der Waals surface area contributed by atoms with Crippen LogP contribution in [0.1, 0.15) is 39.3 Å². The number of carbonyl (C=O) groups excluding carboxylic acids is 2. The van der Waals surface area contributed by atoms with Crippen LogP contribution < -0.4 is 11.1 Å². The van der Waals surface area contributed by atoms with Crippen molar-refractivity contribution in [3.63, 3.8) is 0 Å². The predicted octanol–water partition coefficient (Wildman–Crippen LogP) is 1.53. The number of rotatable bonds is 4. The summed E-state index contributed by atoms with van der Waals surface area (Å²) in [6.45, 7) is 6.90. The highest BCUT2D eigenvalue weighted by molar-refractivity contribution is 5.88. The molecule has 0 saturated carbocycles. The van der Waals surface area contributed by atoms with Gasteiger partial charge < -0.3 is 15.8 Å². The molecule has 0 spiro atoms. The molecule has 110 valence electrons. The Kier molecular flexibility index (Phi) is 5.27. The number of esters is 1. The third-order valence-corrected chi connectivity index (χ3v) is 2.48. The summed E-state index contributed by atoms with van der Waals surface area (Å²) >= 11 is 0. The van der Waals surface area contributed by atoms with Crippen LogP contribution in [0.25, 0.3) is 0 Å². The van der Waals surface area contributed by atoms with E-state index in [1.807, 2.05) is 6.07 Å². The van der Waals surface area contributed by atoms with E-state index in [9.17, 15) is 9.59 Å². The molecule has 20 heavy (non-hydrogen) atoms. The maximum atomic E-state index is 12.2. The molecule has 1 aromatic carbocycles. The quantitative estimate of drug-likeness (QED) is 0.818. The van der Waals surface area contributed by atoms with Crippen LogP contribution in [0.2, 0.25) is 0 Å². The Balaban J connectivity index is 2.96. The molecule has 0 aliphatic heterocycles. The Morgan fingerprint density at radius 1 is 1.20 bits per heavy atom. The molecule has 5 nitrogen and oxygen atoms in total. The first kappa shape index (κ1) is 16.2. The van der Waals surface area contributed by atoms with Crippen LogP contribution in [0.3, 0.4) is 0 Å². The lowest BCUT2D eigenvalue weighted by atomic mass is 10.1. The first-order valence-corrected chi connectivity index (χ1v) is 6.54. The Morgan fingerprint density at radius 2 is 1.75 bits per heavy atom. The lowest BCUT2D eigenvalue weighted by Crippen LogP contribution is -2.44. The molecule has 1 amide bonds. The van der Waals surface area contributed by atoms with Gasteiger partial charge in [0.25, 0.3) is 0 Å². The molecular weight excluding hydrogens is 256 g/mol. The van der Waals surface area contributed by atoms with Gasteiger partial charge in [0.15, 0.2) is 6.04 Å². The largest absolute Gasteiger partial charge is 0.458 e. The molecule has 3 N–H and O–H groups in total. The van der Waals surface area contributed by atoms with Crippen molar-refractivity contribution >= 4 is 11.9 Å². The summed E-state index contributed by atoms with van der Waals surface area (Å²) in [4.78, 5) is 24.0. The summed E-state index contributed by atoms with van der Waals surface area (Å²) in [5.41, 5.74) is 5.57. The number of hydrogen-bond donors (Lipinski definition) is 2. The Bertz CT molecular complexity index is 464. The van der Waals surface area contributed by atoms with E-state index < -0.39 is 29.6 Å². The van der Waals surface area contributed by atoms with Gasteiger partial charge in [0.05, 0.1) is 6.04 Å². The first-order valence-electron chi connectivity index (χ1n) is 6.54. The average molecular weight is 278 g/mol. The SMILES string of the molecule is C[C@H](N)C(=O)N[C@H](C(=O)OC(C)(C)C)c1ccccc1. The number of carbonyl (C=O) groups is 2. The molecule has 2 atom stereocenters. The minimum Gasteiger partial charge on any atom is -0.458 e. The van der Waals surface area contributed by atoms with Gasteiger partial charge in [-0.15, -0.1) is 0 Å². The summed E-state index contributed by atoms with van der Waals surface area (Å²) < 4.78 is 5.34. The monoisotopic (exact) mass is 278 g/mol. The Hall–Kier alpha value is -1.88. The molecule has 0 unspecified atom stereocenters. The van der Waals surface area contributed by atoms with Crippen molar-refractivity contribution in [3.8, 4) is 0 Å². The molecule has 5 heteroatoms. The molecule has 0 fully saturated rings. The highest BCUT2D eigenvalue weighted by Gasteiger charge is 2.28. The van der Waals surface area contributed by atoms with E-state index in [4.69, 9.17) is 10.5 Å². The van der Waals surface area contributed by atoms with Crippen LogP contribution in [0.15, 0.2) is 30.3 Å². The zero-order valence-corrected chi connectivity index (χ0v) is 12.3. The van der Waals surface area contributed by atoms with Crippen LogP contribution in [-0.2, 0) is 14.3 Å². The third-order valence-electron chi connectivity index (χ3n) is 2.48. The summed E-state index contributed by atoms with van der Waals surface area (Å²) in [6.07, 6.45) is 0. The molecule has 1 aromatic rings. The lowest BCUT2D eigenvalue weighted by molar-refractivity contribution is -0.159. The van der Waals surface area contributed by atoms with Crippen molar-refractivity contribution in [2.75, 3.05) is 0 Å². The summed E-state index contributed by atoms with van der Waals surface area (Å²) in [5, 5.41) is 2.62.